The molecule has 0 bridgehead atoms. The van der Waals surface area contributed by atoms with Crippen LogP contribution in [0.3, 0.4) is 0 Å². The number of hydrogen-bond donors (Lipinski definition) is 1. The average molecular weight is 241 g/mol. The number of ether oxygens (including phenoxy) is 1. The van der Waals surface area contributed by atoms with Gasteiger partial charge in [0.2, 0.25) is 0 Å². The zero-order valence-corrected chi connectivity index (χ0v) is 11.6. The molecule has 0 aromatic rings. The summed E-state index contributed by atoms with van der Waals surface area (Å²) >= 11 is 0. The van der Waals surface area contributed by atoms with Crippen LogP contribution in [-0.2, 0) is 9.53 Å². The van der Waals surface area contributed by atoms with Crippen LogP contribution in [-0.4, -0.2) is 24.7 Å². The van der Waals surface area contributed by atoms with E-state index in [4.69, 9.17) is 4.74 Å². The lowest BCUT2D eigenvalue weighted by atomic mass is 9.74. The highest BCUT2D eigenvalue weighted by Gasteiger charge is 2.42. The number of carbonyl (C=O) groups excluding carboxylic acids is 1. The van der Waals surface area contributed by atoms with Crippen LogP contribution in [0.25, 0.3) is 0 Å². The monoisotopic (exact) mass is 241 g/mol. The lowest BCUT2D eigenvalue weighted by Gasteiger charge is -2.39. The van der Waals surface area contributed by atoms with Crippen molar-refractivity contribution in [2.24, 2.45) is 5.92 Å². The summed E-state index contributed by atoms with van der Waals surface area (Å²) in [7, 11) is 0. The van der Waals surface area contributed by atoms with Crippen LogP contribution in [0.5, 0.6) is 0 Å². The molecule has 0 aromatic heterocycles. The van der Waals surface area contributed by atoms with Crippen molar-refractivity contribution in [3.8, 4) is 0 Å². The predicted molar refractivity (Wildman–Crippen MR) is 69.9 cm³/mol. The van der Waals surface area contributed by atoms with E-state index in [9.17, 15) is 4.79 Å². The van der Waals surface area contributed by atoms with E-state index in [1.807, 2.05) is 6.92 Å². The van der Waals surface area contributed by atoms with Crippen molar-refractivity contribution in [2.75, 3.05) is 13.2 Å². The molecule has 1 aliphatic rings. The molecule has 3 nitrogen and oxygen atoms in total. The van der Waals surface area contributed by atoms with E-state index >= 15 is 0 Å². The first-order valence-corrected chi connectivity index (χ1v) is 7.10. The zero-order valence-electron chi connectivity index (χ0n) is 11.6. The van der Waals surface area contributed by atoms with Crippen molar-refractivity contribution < 1.29 is 9.53 Å². The third-order valence-electron chi connectivity index (χ3n) is 3.81. The van der Waals surface area contributed by atoms with Crippen LogP contribution < -0.4 is 5.32 Å². The molecule has 1 saturated carbocycles. The lowest BCUT2D eigenvalue weighted by Crippen LogP contribution is -2.55. The standard InChI is InChI=1S/C14H27NO2/c1-4-10-15-14(13(16)17-6-3)9-7-8-12(5-2)11-14/h12,15H,4-11H2,1-3H3. The fourth-order valence-electron chi connectivity index (χ4n) is 2.79. The molecule has 1 fully saturated rings. The van der Waals surface area contributed by atoms with E-state index in [1.165, 1.54) is 6.42 Å². The summed E-state index contributed by atoms with van der Waals surface area (Å²) in [6.07, 6.45) is 6.48. The predicted octanol–water partition coefficient (Wildman–Crippen LogP) is 2.89. The van der Waals surface area contributed by atoms with Gasteiger partial charge in [-0.2, -0.15) is 0 Å². The summed E-state index contributed by atoms with van der Waals surface area (Å²) < 4.78 is 5.27. The normalized spacial score (nSPS) is 29.0. The van der Waals surface area contributed by atoms with E-state index in [2.05, 4.69) is 19.2 Å². The Balaban J connectivity index is 2.73. The van der Waals surface area contributed by atoms with E-state index in [1.54, 1.807) is 0 Å². The molecule has 3 heteroatoms. The molecule has 2 unspecified atom stereocenters. The molecule has 0 radical (unpaired) electrons. The smallest absolute Gasteiger partial charge is 0.326 e. The van der Waals surface area contributed by atoms with Crippen molar-refractivity contribution in [3.63, 3.8) is 0 Å². The van der Waals surface area contributed by atoms with Crippen molar-refractivity contribution in [1.82, 2.24) is 5.32 Å². The van der Waals surface area contributed by atoms with E-state index in [0.717, 1.165) is 38.6 Å². The van der Waals surface area contributed by atoms with Crippen molar-refractivity contribution >= 4 is 5.97 Å². The van der Waals surface area contributed by atoms with Crippen LogP contribution in [0.4, 0.5) is 0 Å². The molecule has 0 amide bonds. The molecular formula is C14H27NO2. The largest absolute Gasteiger partial charge is 0.465 e. The molecule has 0 heterocycles. The summed E-state index contributed by atoms with van der Waals surface area (Å²) in [5, 5.41) is 3.46. The highest BCUT2D eigenvalue weighted by atomic mass is 16.5. The number of esters is 1. The van der Waals surface area contributed by atoms with Gasteiger partial charge in [0.1, 0.15) is 5.54 Å². The van der Waals surface area contributed by atoms with Gasteiger partial charge >= 0.3 is 5.97 Å². The van der Waals surface area contributed by atoms with E-state index < -0.39 is 5.54 Å². The van der Waals surface area contributed by atoms with Gasteiger partial charge in [-0.3, -0.25) is 4.79 Å². The Morgan fingerprint density at radius 1 is 1.41 bits per heavy atom. The number of hydrogen-bond acceptors (Lipinski definition) is 3. The first kappa shape index (κ1) is 14.5. The Hall–Kier alpha value is -0.570. The maximum atomic E-state index is 12.2. The van der Waals surface area contributed by atoms with Crippen LogP contribution in [0.2, 0.25) is 0 Å². The molecule has 17 heavy (non-hydrogen) atoms. The summed E-state index contributed by atoms with van der Waals surface area (Å²) in [5.41, 5.74) is -0.398. The summed E-state index contributed by atoms with van der Waals surface area (Å²) in [6, 6.07) is 0. The van der Waals surface area contributed by atoms with Crippen molar-refractivity contribution in [3.05, 3.63) is 0 Å². The zero-order chi connectivity index (χ0) is 12.7. The molecule has 2 atom stereocenters. The molecule has 1 rings (SSSR count). The summed E-state index contributed by atoms with van der Waals surface area (Å²) in [4.78, 5) is 12.2. The van der Waals surface area contributed by atoms with Crippen LogP contribution in [0.1, 0.15) is 59.3 Å². The number of nitrogens with one attached hydrogen (secondary N) is 1. The maximum absolute atomic E-state index is 12.2. The van der Waals surface area contributed by atoms with Gasteiger partial charge in [-0.25, -0.2) is 0 Å². The lowest BCUT2D eigenvalue weighted by molar-refractivity contribution is -0.153. The van der Waals surface area contributed by atoms with Gasteiger partial charge in [0.25, 0.3) is 0 Å². The molecule has 0 spiro atoms. The van der Waals surface area contributed by atoms with Gasteiger partial charge in [-0.15, -0.1) is 0 Å². The molecule has 1 aliphatic carbocycles. The minimum absolute atomic E-state index is 0.0356. The maximum Gasteiger partial charge on any atom is 0.326 e. The number of carbonyl (C=O) groups is 1. The second-order valence-corrected chi connectivity index (χ2v) is 5.10. The molecular weight excluding hydrogens is 214 g/mol. The third kappa shape index (κ3) is 3.70. The van der Waals surface area contributed by atoms with Gasteiger partial charge in [-0.1, -0.05) is 33.1 Å². The molecule has 1 N–H and O–H groups in total. The van der Waals surface area contributed by atoms with Gasteiger partial charge in [-0.05, 0) is 38.6 Å². The van der Waals surface area contributed by atoms with Crippen molar-refractivity contribution in [2.45, 2.75) is 64.8 Å². The second kappa shape index (κ2) is 7.00. The average Bonchev–Trinajstić information content (AvgIpc) is 2.37. The Morgan fingerprint density at radius 3 is 2.76 bits per heavy atom. The molecule has 100 valence electrons. The van der Waals surface area contributed by atoms with Gasteiger partial charge in [0, 0.05) is 0 Å². The molecule has 0 aliphatic heterocycles. The fraction of sp³-hybridized carbons (Fsp3) is 0.929. The molecule has 0 aromatic carbocycles. The summed E-state index contributed by atoms with van der Waals surface area (Å²) in [5.74, 6) is 0.629. The first-order valence-electron chi connectivity index (χ1n) is 7.10. The van der Waals surface area contributed by atoms with Crippen LogP contribution in [0, 0.1) is 5.92 Å². The third-order valence-corrected chi connectivity index (χ3v) is 3.81. The van der Waals surface area contributed by atoms with Gasteiger partial charge in [0.05, 0.1) is 6.61 Å². The minimum Gasteiger partial charge on any atom is -0.465 e. The van der Waals surface area contributed by atoms with Gasteiger partial charge < -0.3 is 10.1 Å². The first-order chi connectivity index (χ1) is 8.18. The highest BCUT2D eigenvalue weighted by molar-refractivity contribution is 5.81. The Morgan fingerprint density at radius 2 is 2.18 bits per heavy atom. The quantitative estimate of drug-likeness (QED) is 0.727. The second-order valence-electron chi connectivity index (χ2n) is 5.10. The SMILES string of the molecule is CCCNC1(C(=O)OCC)CCCC(CC)C1. The van der Waals surface area contributed by atoms with Gasteiger partial charge in [0.15, 0.2) is 0 Å². The van der Waals surface area contributed by atoms with E-state index in [0.29, 0.717) is 12.5 Å². The Labute approximate surface area is 105 Å². The van der Waals surface area contributed by atoms with Crippen molar-refractivity contribution in [1.29, 1.82) is 0 Å². The number of rotatable bonds is 6. The highest BCUT2D eigenvalue weighted by Crippen LogP contribution is 2.35. The Kier molecular flexibility index (Phi) is 5.96. The van der Waals surface area contributed by atoms with Crippen LogP contribution >= 0.6 is 0 Å². The van der Waals surface area contributed by atoms with Crippen LogP contribution in [0.15, 0.2) is 0 Å². The topological polar surface area (TPSA) is 38.3 Å². The fourth-order valence-corrected chi connectivity index (χ4v) is 2.79. The molecule has 0 saturated heterocycles. The summed E-state index contributed by atoms with van der Waals surface area (Å²) in [6.45, 7) is 7.60. The van der Waals surface area contributed by atoms with E-state index in [-0.39, 0.29) is 5.97 Å². The minimum atomic E-state index is -0.398. The Bertz CT molecular complexity index is 242.